The van der Waals surface area contributed by atoms with Crippen LogP contribution in [-0.4, -0.2) is 30.1 Å². The zero-order valence-corrected chi connectivity index (χ0v) is 12.7. The molecule has 0 saturated carbocycles. The van der Waals surface area contributed by atoms with E-state index in [2.05, 4.69) is 9.82 Å². The molecule has 0 aliphatic carbocycles. The smallest absolute Gasteiger partial charge is 0.243 e. The van der Waals surface area contributed by atoms with Crippen molar-refractivity contribution in [3.8, 4) is 0 Å². The van der Waals surface area contributed by atoms with Gasteiger partial charge in [-0.25, -0.2) is 13.1 Å². The van der Waals surface area contributed by atoms with Crippen molar-refractivity contribution in [3.05, 3.63) is 12.4 Å². The Morgan fingerprint density at radius 3 is 2.50 bits per heavy atom. The Bertz CT molecular complexity index is 491. The third kappa shape index (κ3) is 3.96. The lowest BCUT2D eigenvalue weighted by Gasteiger charge is -2.30. The lowest BCUT2D eigenvalue weighted by atomic mass is 9.86. The van der Waals surface area contributed by atoms with Crippen LogP contribution in [0.4, 0.5) is 0 Å². The highest BCUT2D eigenvalue weighted by molar-refractivity contribution is 7.89. The van der Waals surface area contributed by atoms with Crippen LogP contribution in [0.3, 0.4) is 0 Å². The summed E-state index contributed by atoms with van der Waals surface area (Å²) in [7, 11) is -1.86. The standard InChI is InChI=1S/C11H20ClN3O2S/c1-11(2,3)10(5-6-12)14-18(16,17)9-7-13-15(4)8-9/h7-8,10,14H,5-6H2,1-4H3. The first-order valence-corrected chi connectivity index (χ1v) is 7.75. The van der Waals surface area contributed by atoms with Gasteiger partial charge < -0.3 is 0 Å². The van der Waals surface area contributed by atoms with Crippen LogP contribution in [-0.2, 0) is 17.1 Å². The summed E-state index contributed by atoms with van der Waals surface area (Å²) in [5.74, 6) is 0.414. The van der Waals surface area contributed by atoms with Crippen LogP contribution in [0.5, 0.6) is 0 Å². The highest BCUT2D eigenvalue weighted by Crippen LogP contribution is 2.24. The molecule has 1 unspecified atom stereocenters. The minimum Gasteiger partial charge on any atom is -0.274 e. The van der Waals surface area contributed by atoms with E-state index in [1.807, 2.05) is 20.8 Å². The van der Waals surface area contributed by atoms with Gasteiger partial charge in [0.1, 0.15) is 4.90 Å². The maximum absolute atomic E-state index is 12.2. The van der Waals surface area contributed by atoms with Crippen molar-refractivity contribution in [2.24, 2.45) is 12.5 Å². The molecule has 7 heteroatoms. The van der Waals surface area contributed by atoms with Crippen LogP contribution in [0.15, 0.2) is 17.3 Å². The summed E-state index contributed by atoms with van der Waals surface area (Å²) < 4.78 is 28.5. The number of nitrogens with zero attached hydrogens (tertiary/aromatic N) is 2. The number of aryl methyl sites for hydroxylation is 1. The first kappa shape index (κ1) is 15.5. The van der Waals surface area contributed by atoms with Crippen molar-refractivity contribution in [1.82, 2.24) is 14.5 Å². The van der Waals surface area contributed by atoms with Crippen LogP contribution in [0.1, 0.15) is 27.2 Å². The fourth-order valence-electron chi connectivity index (χ4n) is 1.57. The second-order valence-electron chi connectivity index (χ2n) is 5.37. The van der Waals surface area contributed by atoms with E-state index in [1.54, 1.807) is 7.05 Å². The van der Waals surface area contributed by atoms with Gasteiger partial charge >= 0.3 is 0 Å². The predicted octanol–water partition coefficient (Wildman–Crippen LogP) is 1.74. The molecule has 0 amide bonds. The highest BCUT2D eigenvalue weighted by atomic mass is 35.5. The van der Waals surface area contributed by atoms with E-state index in [-0.39, 0.29) is 16.4 Å². The van der Waals surface area contributed by atoms with Crippen LogP contribution >= 0.6 is 11.6 Å². The van der Waals surface area contributed by atoms with Gasteiger partial charge in [-0.15, -0.1) is 11.6 Å². The number of sulfonamides is 1. The second kappa shape index (κ2) is 5.59. The van der Waals surface area contributed by atoms with E-state index in [0.717, 1.165) is 0 Å². The zero-order valence-electron chi connectivity index (χ0n) is 11.1. The number of rotatable bonds is 5. The predicted molar refractivity (Wildman–Crippen MR) is 72.1 cm³/mol. The summed E-state index contributed by atoms with van der Waals surface area (Å²) >= 11 is 5.73. The number of aromatic nitrogens is 2. The lowest BCUT2D eigenvalue weighted by Crippen LogP contribution is -2.43. The molecule has 18 heavy (non-hydrogen) atoms. The normalized spacial score (nSPS) is 14.7. The molecule has 5 nitrogen and oxygen atoms in total. The topological polar surface area (TPSA) is 64.0 Å². The number of alkyl halides is 1. The maximum atomic E-state index is 12.2. The van der Waals surface area contributed by atoms with E-state index >= 15 is 0 Å². The molecule has 1 rings (SSSR count). The van der Waals surface area contributed by atoms with Crippen molar-refractivity contribution in [3.63, 3.8) is 0 Å². The quantitative estimate of drug-likeness (QED) is 0.841. The van der Waals surface area contributed by atoms with Gasteiger partial charge in [0.25, 0.3) is 0 Å². The molecular weight excluding hydrogens is 274 g/mol. The minimum absolute atomic E-state index is 0.175. The van der Waals surface area contributed by atoms with Gasteiger partial charge in [-0.05, 0) is 11.8 Å². The van der Waals surface area contributed by atoms with Crippen LogP contribution < -0.4 is 4.72 Å². The Balaban J connectivity index is 2.93. The van der Waals surface area contributed by atoms with E-state index in [9.17, 15) is 8.42 Å². The zero-order chi connectivity index (χ0) is 14.0. The molecule has 104 valence electrons. The second-order valence-corrected chi connectivity index (χ2v) is 7.46. The molecule has 1 aromatic rings. The molecule has 0 radical (unpaired) electrons. The van der Waals surface area contributed by atoms with Crippen molar-refractivity contribution in [2.45, 2.75) is 38.1 Å². The van der Waals surface area contributed by atoms with Gasteiger partial charge in [0.05, 0.1) is 6.20 Å². The van der Waals surface area contributed by atoms with E-state index in [4.69, 9.17) is 11.6 Å². The van der Waals surface area contributed by atoms with E-state index in [0.29, 0.717) is 12.3 Å². The Morgan fingerprint density at radius 1 is 1.50 bits per heavy atom. The van der Waals surface area contributed by atoms with Gasteiger partial charge in [-0.1, -0.05) is 20.8 Å². The molecule has 0 fully saturated rings. The Kier molecular flexibility index (Phi) is 4.80. The average Bonchev–Trinajstić information content (AvgIpc) is 2.63. The molecule has 1 atom stereocenters. The average molecular weight is 294 g/mol. The fourth-order valence-corrected chi connectivity index (χ4v) is 3.25. The Hall–Kier alpha value is -0.590. The summed E-state index contributed by atoms with van der Waals surface area (Å²) in [5, 5.41) is 3.87. The van der Waals surface area contributed by atoms with E-state index in [1.165, 1.54) is 17.1 Å². The molecule has 1 heterocycles. The van der Waals surface area contributed by atoms with Crippen molar-refractivity contribution in [1.29, 1.82) is 0 Å². The molecule has 0 aliphatic heterocycles. The summed E-state index contributed by atoms with van der Waals surface area (Å²) in [6, 6.07) is -0.208. The first-order valence-electron chi connectivity index (χ1n) is 5.74. The summed E-state index contributed by atoms with van der Waals surface area (Å²) in [4.78, 5) is 0.175. The van der Waals surface area contributed by atoms with Crippen LogP contribution in [0.2, 0.25) is 0 Å². The Labute approximate surface area is 114 Å². The molecule has 1 aromatic heterocycles. The van der Waals surface area contributed by atoms with Gasteiger partial charge in [0.15, 0.2) is 0 Å². The number of hydrogen-bond donors (Lipinski definition) is 1. The van der Waals surface area contributed by atoms with Crippen molar-refractivity contribution in [2.75, 3.05) is 5.88 Å². The van der Waals surface area contributed by atoms with Gasteiger partial charge in [0.2, 0.25) is 10.0 Å². The highest BCUT2D eigenvalue weighted by Gasteiger charge is 2.29. The van der Waals surface area contributed by atoms with Crippen LogP contribution in [0, 0.1) is 5.41 Å². The fraction of sp³-hybridized carbons (Fsp3) is 0.727. The van der Waals surface area contributed by atoms with Crippen molar-refractivity contribution < 1.29 is 8.42 Å². The van der Waals surface area contributed by atoms with Crippen molar-refractivity contribution >= 4 is 21.6 Å². The maximum Gasteiger partial charge on any atom is 0.243 e. The molecule has 0 aliphatic rings. The number of halogens is 1. The summed E-state index contributed by atoms with van der Waals surface area (Å²) in [6.45, 7) is 5.95. The largest absolute Gasteiger partial charge is 0.274 e. The summed E-state index contributed by atoms with van der Waals surface area (Å²) in [6.07, 6.45) is 3.40. The lowest BCUT2D eigenvalue weighted by molar-refractivity contribution is 0.292. The molecule has 1 N–H and O–H groups in total. The summed E-state index contributed by atoms with van der Waals surface area (Å²) in [5.41, 5.74) is -0.190. The molecule has 0 aromatic carbocycles. The number of nitrogens with one attached hydrogen (secondary N) is 1. The third-order valence-electron chi connectivity index (χ3n) is 2.73. The Morgan fingerprint density at radius 2 is 2.11 bits per heavy atom. The van der Waals surface area contributed by atoms with Crippen LogP contribution in [0.25, 0.3) is 0 Å². The van der Waals surface area contributed by atoms with Gasteiger partial charge in [-0.3, -0.25) is 4.68 Å². The SMILES string of the molecule is Cn1cc(S(=O)(=O)NC(CCCl)C(C)(C)C)cn1. The molecular formula is C11H20ClN3O2S. The molecule has 0 bridgehead atoms. The minimum atomic E-state index is -3.54. The van der Waals surface area contributed by atoms with E-state index < -0.39 is 10.0 Å². The first-order chi connectivity index (χ1) is 8.16. The molecule has 0 saturated heterocycles. The molecule has 0 spiro atoms. The monoisotopic (exact) mass is 293 g/mol. The van der Waals surface area contributed by atoms with Gasteiger partial charge in [-0.2, -0.15) is 5.10 Å². The number of hydrogen-bond acceptors (Lipinski definition) is 3. The third-order valence-corrected chi connectivity index (χ3v) is 4.38. The van der Waals surface area contributed by atoms with Gasteiger partial charge in [0, 0.05) is 25.2 Å².